The van der Waals surface area contributed by atoms with E-state index in [4.69, 9.17) is 17.5 Å². The molecule has 0 aliphatic heterocycles. The Balaban J connectivity index is 2.55. The van der Waals surface area contributed by atoms with Gasteiger partial charge in [0, 0.05) is 7.11 Å². The predicted octanol–water partition coefficient (Wildman–Crippen LogP) is 1.90. The number of rotatable bonds is 12. The second-order valence-corrected chi connectivity index (χ2v) is 16.6. The molecule has 2 atom stereocenters. The normalized spacial score (nSPS) is 15.1. The molecular formula is C23H34O8S2Si. The van der Waals surface area contributed by atoms with Crippen LogP contribution in [0.2, 0.25) is 5.04 Å². The van der Waals surface area contributed by atoms with Crippen LogP contribution in [0.4, 0.5) is 0 Å². The molecule has 11 heteroatoms. The van der Waals surface area contributed by atoms with Crippen molar-refractivity contribution < 1.29 is 34.4 Å². The molecule has 2 rings (SSSR count). The van der Waals surface area contributed by atoms with E-state index in [2.05, 4.69) is 20.8 Å². The SMILES string of the molecule is CO[C@@H](COS(C)(=O)=O)[C@H](CO[Si](c1ccccc1)(c1ccccc1)C(C)(C)C)OS(C)(=O)=O. The quantitative estimate of drug-likeness (QED) is 0.303. The van der Waals surface area contributed by atoms with Crippen LogP contribution < -0.4 is 10.4 Å². The minimum absolute atomic E-state index is 0.161. The van der Waals surface area contributed by atoms with E-state index in [1.54, 1.807) is 0 Å². The third-order valence-corrected chi connectivity index (χ3v) is 11.5. The summed E-state index contributed by atoms with van der Waals surface area (Å²) in [7, 11) is -9.35. The Morgan fingerprint density at radius 2 is 1.24 bits per heavy atom. The van der Waals surface area contributed by atoms with Gasteiger partial charge in [-0.25, -0.2) is 0 Å². The zero-order chi connectivity index (χ0) is 25.6. The van der Waals surface area contributed by atoms with Gasteiger partial charge in [0.15, 0.2) is 0 Å². The first kappa shape index (κ1) is 28.6. The standard InChI is InChI=1S/C23H34O8S2Si/c1-23(2,3)34(19-13-9-7-10-14-19,20-15-11-8-12-16-20)30-18-22(31-33(6,26)27)21(28-4)17-29-32(5,24)25/h7-16,21-22H,17-18H2,1-6H3/t21-,22-/m0/s1. The van der Waals surface area contributed by atoms with Crippen molar-refractivity contribution in [1.82, 2.24) is 0 Å². The maximum absolute atomic E-state index is 12.0. The molecule has 34 heavy (non-hydrogen) atoms. The van der Waals surface area contributed by atoms with E-state index in [1.807, 2.05) is 60.7 Å². The Hall–Kier alpha value is -1.60. The van der Waals surface area contributed by atoms with Gasteiger partial charge in [0.05, 0.1) is 25.7 Å². The summed E-state index contributed by atoms with van der Waals surface area (Å²) >= 11 is 0. The van der Waals surface area contributed by atoms with Gasteiger partial charge in [-0.2, -0.15) is 16.8 Å². The van der Waals surface area contributed by atoms with Crippen LogP contribution in [0.3, 0.4) is 0 Å². The van der Waals surface area contributed by atoms with Gasteiger partial charge in [0.1, 0.15) is 12.2 Å². The molecule has 0 fully saturated rings. The second-order valence-electron chi connectivity index (χ2n) is 9.08. The number of hydrogen-bond acceptors (Lipinski definition) is 8. The molecule has 0 heterocycles. The number of methoxy groups -OCH3 is 1. The minimum Gasteiger partial charge on any atom is -0.405 e. The molecule has 190 valence electrons. The fourth-order valence-corrected chi connectivity index (χ4v) is 9.49. The highest BCUT2D eigenvalue weighted by molar-refractivity contribution is 7.86. The Bertz CT molecular complexity index is 1080. The first-order valence-corrected chi connectivity index (χ1v) is 16.2. The van der Waals surface area contributed by atoms with Crippen molar-refractivity contribution in [3.8, 4) is 0 Å². The summed E-state index contributed by atoms with van der Waals surface area (Å²) < 4.78 is 69.4. The molecule has 0 amide bonds. The van der Waals surface area contributed by atoms with Crippen molar-refractivity contribution in [2.24, 2.45) is 0 Å². The predicted molar refractivity (Wildman–Crippen MR) is 135 cm³/mol. The van der Waals surface area contributed by atoms with Gasteiger partial charge in [-0.05, 0) is 15.4 Å². The number of hydrogen-bond donors (Lipinski definition) is 0. The van der Waals surface area contributed by atoms with Crippen molar-refractivity contribution in [2.45, 2.75) is 38.0 Å². The summed E-state index contributed by atoms with van der Waals surface area (Å²) in [5.41, 5.74) is 0. The lowest BCUT2D eigenvalue weighted by molar-refractivity contribution is -0.0375. The first-order chi connectivity index (χ1) is 15.7. The number of ether oxygens (including phenoxy) is 1. The van der Waals surface area contributed by atoms with Gasteiger partial charge in [0.2, 0.25) is 0 Å². The van der Waals surface area contributed by atoms with Crippen LogP contribution in [0.15, 0.2) is 60.7 Å². The third kappa shape index (κ3) is 7.70. The molecule has 0 saturated heterocycles. The van der Waals surface area contributed by atoms with Gasteiger partial charge >= 0.3 is 0 Å². The van der Waals surface area contributed by atoms with E-state index in [-0.39, 0.29) is 11.6 Å². The van der Waals surface area contributed by atoms with Crippen molar-refractivity contribution >= 4 is 38.9 Å². The topological polar surface area (TPSA) is 105 Å². The molecule has 0 aliphatic carbocycles. The Kier molecular flexibility index (Phi) is 9.62. The van der Waals surface area contributed by atoms with Crippen LogP contribution in [0.25, 0.3) is 0 Å². The highest BCUT2D eigenvalue weighted by Crippen LogP contribution is 2.37. The van der Waals surface area contributed by atoms with Crippen LogP contribution in [0.1, 0.15) is 20.8 Å². The van der Waals surface area contributed by atoms with E-state index in [1.165, 1.54) is 7.11 Å². The monoisotopic (exact) mass is 530 g/mol. The molecule has 2 aromatic rings. The van der Waals surface area contributed by atoms with Gasteiger partial charge in [-0.3, -0.25) is 8.37 Å². The lowest BCUT2D eigenvalue weighted by atomic mass is 10.2. The molecule has 0 N–H and O–H groups in total. The first-order valence-electron chi connectivity index (χ1n) is 10.7. The molecule has 0 aromatic heterocycles. The van der Waals surface area contributed by atoms with Crippen molar-refractivity contribution in [1.29, 1.82) is 0 Å². The van der Waals surface area contributed by atoms with Crippen LogP contribution in [0, 0.1) is 0 Å². The lowest BCUT2D eigenvalue weighted by Gasteiger charge is -2.44. The van der Waals surface area contributed by atoms with Gasteiger partial charge < -0.3 is 9.16 Å². The Labute approximate surface area is 204 Å². The van der Waals surface area contributed by atoms with E-state index >= 15 is 0 Å². The largest absolute Gasteiger partial charge is 0.405 e. The van der Waals surface area contributed by atoms with E-state index < -0.39 is 47.4 Å². The molecule has 2 aromatic carbocycles. The summed E-state index contributed by atoms with van der Waals surface area (Å²) in [5, 5.41) is 1.67. The highest BCUT2D eigenvalue weighted by Gasteiger charge is 2.50. The molecule has 0 spiro atoms. The molecule has 8 nitrogen and oxygen atoms in total. The molecule has 0 aliphatic rings. The van der Waals surface area contributed by atoms with Gasteiger partial charge in [-0.15, -0.1) is 0 Å². The van der Waals surface area contributed by atoms with Crippen LogP contribution in [-0.4, -0.2) is 70.2 Å². The average Bonchev–Trinajstić information content (AvgIpc) is 2.73. The summed E-state index contributed by atoms with van der Waals surface area (Å²) in [6.45, 7) is 5.69. The average molecular weight is 531 g/mol. The van der Waals surface area contributed by atoms with Crippen molar-refractivity contribution in [3.05, 3.63) is 60.7 Å². The van der Waals surface area contributed by atoms with Crippen LogP contribution in [-0.2, 0) is 37.8 Å². The minimum atomic E-state index is -3.91. The maximum Gasteiger partial charge on any atom is 0.264 e. The molecule has 0 unspecified atom stereocenters. The number of benzene rings is 2. The summed E-state index contributed by atoms with van der Waals surface area (Å²) in [6, 6.07) is 19.7. The van der Waals surface area contributed by atoms with Crippen LogP contribution in [0.5, 0.6) is 0 Å². The lowest BCUT2D eigenvalue weighted by Crippen LogP contribution is -2.67. The summed E-state index contributed by atoms with van der Waals surface area (Å²) in [5.74, 6) is 0. The van der Waals surface area contributed by atoms with Gasteiger partial charge in [0.25, 0.3) is 28.6 Å². The highest BCUT2D eigenvalue weighted by atomic mass is 32.2. The summed E-state index contributed by atoms with van der Waals surface area (Å²) in [6.07, 6.45) is -0.316. The van der Waals surface area contributed by atoms with Crippen molar-refractivity contribution in [3.63, 3.8) is 0 Å². The fraction of sp³-hybridized carbons (Fsp3) is 0.478. The Morgan fingerprint density at radius 1 is 0.765 bits per heavy atom. The smallest absolute Gasteiger partial charge is 0.264 e. The van der Waals surface area contributed by atoms with E-state index in [0.717, 1.165) is 22.9 Å². The third-order valence-electron chi connectivity index (χ3n) is 5.34. The fourth-order valence-electron chi connectivity index (χ4n) is 3.91. The molecular weight excluding hydrogens is 496 g/mol. The zero-order valence-corrected chi connectivity index (χ0v) is 23.1. The van der Waals surface area contributed by atoms with E-state index in [0.29, 0.717) is 0 Å². The molecule has 0 saturated carbocycles. The van der Waals surface area contributed by atoms with Gasteiger partial charge in [-0.1, -0.05) is 81.4 Å². The van der Waals surface area contributed by atoms with E-state index in [9.17, 15) is 16.8 Å². The molecule has 0 bridgehead atoms. The second kappa shape index (κ2) is 11.4. The summed E-state index contributed by atoms with van der Waals surface area (Å²) in [4.78, 5) is 0. The van der Waals surface area contributed by atoms with Crippen LogP contribution >= 0.6 is 0 Å². The zero-order valence-electron chi connectivity index (χ0n) is 20.4. The Morgan fingerprint density at radius 3 is 1.59 bits per heavy atom. The van der Waals surface area contributed by atoms with Crippen molar-refractivity contribution in [2.75, 3.05) is 32.8 Å². The molecule has 0 radical (unpaired) electrons. The maximum atomic E-state index is 12.0.